The van der Waals surface area contributed by atoms with Crippen molar-refractivity contribution in [2.24, 2.45) is 5.92 Å². The zero-order chi connectivity index (χ0) is 12.5. The first kappa shape index (κ1) is 12.8. The van der Waals surface area contributed by atoms with E-state index in [1.165, 1.54) is 26.9 Å². The van der Waals surface area contributed by atoms with E-state index in [0.717, 1.165) is 13.0 Å². The molecule has 2 fully saturated rings. The molecule has 0 radical (unpaired) electrons. The Kier molecular flexibility index (Phi) is 3.70. The minimum absolute atomic E-state index is 0.205. The number of rotatable bonds is 5. The van der Waals surface area contributed by atoms with Crippen LogP contribution in [0.3, 0.4) is 0 Å². The van der Waals surface area contributed by atoms with Crippen LogP contribution in [0.1, 0.15) is 26.2 Å². The van der Waals surface area contributed by atoms with Gasteiger partial charge in [0.1, 0.15) is 0 Å². The second-order valence-corrected chi connectivity index (χ2v) is 5.21. The Morgan fingerprint density at radius 2 is 2.24 bits per heavy atom. The van der Waals surface area contributed by atoms with Gasteiger partial charge in [0.05, 0.1) is 13.2 Å². The highest BCUT2D eigenvalue weighted by Crippen LogP contribution is 2.38. The van der Waals surface area contributed by atoms with Gasteiger partial charge in [0.15, 0.2) is 5.60 Å². The van der Waals surface area contributed by atoms with Crippen LogP contribution < -0.4 is 5.32 Å². The Balaban J connectivity index is 1.82. The highest BCUT2D eigenvalue weighted by Gasteiger charge is 2.41. The lowest BCUT2D eigenvalue weighted by Gasteiger charge is -2.25. The van der Waals surface area contributed by atoms with E-state index in [9.17, 15) is 9.90 Å². The number of esters is 1. The molecule has 1 aliphatic heterocycles. The van der Waals surface area contributed by atoms with E-state index < -0.39 is 11.6 Å². The lowest BCUT2D eigenvalue weighted by atomic mass is 10.0. The average molecular weight is 243 g/mol. The third-order valence-corrected chi connectivity index (χ3v) is 3.56. The molecular formula is C12H21NO4. The lowest BCUT2D eigenvalue weighted by Crippen LogP contribution is -2.50. The zero-order valence-corrected chi connectivity index (χ0v) is 10.4. The van der Waals surface area contributed by atoms with Crippen LogP contribution in [0, 0.1) is 5.92 Å². The Hall–Kier alpha value is -0.650. The maximum atomic E-state index is 11.3. The minimum Gasteiger partial charge on any atom is -0.467 e. The lowest BCUT2D eigenvalue weighted by molar-refractivity contribution is -0.160. The largest absolute Gasteiger partial charge is 0.467 e. The normalized spacial score (nSPS) is 32.2. The molecule has 98 valence electrons. The molecule has 0 amide bonds. The summed E-state index contributed by atoms with van der Waals surface area (Å²) in [6.07, 6.45) is 3.66. The Labute approximate surface area is 101 Å². The van der Waals surface area contributed by atoms with Crippen molar-refractivity contribution < 1.29 is 19.4 Å². The van der Waals surface area contributed by atoms with Gasteiger partial charge >= 0.3 is 5.97 Å². The molecule has 1 aliphatic carbocycles. The van der Waals surface area contributed by atoms with Gasteiger partial charge in [-0.3, -0.25) is 0 Å². The average Bonchev–Trinajstić information content (AvgIpc) is 3.04. The number of hydrogen-bond acceptors (Lipinski definition) is 5. The first-order chi connectivity index (χ1) is 8.04. The van der Waals surface area contributed by atoms with Crippen molar-refractivity contribution in [2.45, 2.75) is 43.9 Å². The van der Waals surface area contributed by atoms with Crippen LogP contribution in [0.15, 0.2) is 0 Å². The van der Waals surface area contributed by atoms with Gasteiger partial charge in [-0.25, -0.2) is 4.79 Å². The van der Waals surface area contributed by atoms with Crippen LogP contribution in [-0.2, 0) is 14.3 Å². The van der Waals surface area contributed by atoms with Crippen molar-refractivity contribution in [1.82, 2.24) is 5.32 Å². The quantitative estimate of drug-likeness (QED) is 0.669. The highest BCUT2D eigenvalue weighted by atomic mass is 16.5. The summed E-state index contributed by atoms with van der Waals surface area (Å²) in [5, 5.41) is 13.1. The van der Waals surface area contributed by atoms with Gasteiger partial charge in [-0.1, -0.05) is 0 Å². The van der Waals surface area contributed by atoms with Gasteiger partial charge in [-0.05, 0) is 32.1 Å². The smallest absolute Gasteiger partial charge is 0.338 e. The summed E-state index contributed by atoms with van der Waals surface area (Å²) in [5.41, 5.74) is -1.47. The summed E-state index contributed by atoms with van der Waals surface area (Å²) in [4.78, 5) is 11.3. The van der Waals surface area contributed by atoms with E-state index in [1.807, 2.05) is 0 Å². The number of carbonyl (C=O) groups is 1. The third-order valence-electron chi connectivity index (χ3n) is 3.56. The van der Waals surface area contributed by atoms with Crippen molar-refractivity contribution in [3.8, 4) is 0 Å². The number of nitrogens with one attached hydrogen (secondary N) is 1. The number of methoxy groups -OCH3 is 1. The van der Waals surface area contributed by atoms with Crippen molar-refractivity contribution in [1.29, 1.82) is 0 Å². The molecule has 0 aromatic carbocycles. The van der Waals surface area contributed by atoms with Gasteiger partial charge in [0.25, 0.3) is 0 Å². The first-order valence-electron chi connectivity index (χ1n) is 6.20. The first-order valence-corrected chi connectivity index (χ1v) is 6.20. The molecule has 1 saturated heterocycles. The van der Waals surface area contributed by atoms with E-state index in [-0.39, 0.29) is 18.7 Å². The fourth-order valence-electron chi connectivity index (χ4n) is 2.34. The fourth-order valence-corrected chi connectivity index (χ4v) is 2.34. The predicted molar refractivity (Wildman–Crippen MR) is 61.5 cm³/mol. The third kappa shape index (κ3) is 2.97. The van der Waals surface area contributed by atoms with Gasteiger partial charge in [0, 0.05) is 19.2 Å². The van der Waals surface area contributed by atoms with E-state index in [2.05, 4.69) is 10.1 Å². The number of hydrogen-bond donors (Lipinski definition) is 2. The van der Waals surface area contributed by atoms with Crippen LogP contribution in [0.2, 0.25) is 0 Å². The molecule has 1 saturated carbocycles. The zero-order valence-electron chi connectivity index (χ0n) is 10.4. The van der Waals surface area contributed by atoms with Crippen LogP contribution >= 0.6 is 0 Å². The molecular weight excluding hydrogens is 222 g/mol. The second kappa shape index (κ2) is 4.92. The number of aliphatic hydroxyl groups is 1. The maximum absolute atomic E-state index is 11.3. The summed E-state index contributed by atoms with van der Waals surface area (Å²) in [7, 11) is 1.28. The molecule has 3 atom stereocenters. The monoisotopic (exact) mass is 243 g/mol. The molecule has 2 rings (SSSR count). The molecule has 2 N–H and O–H groups in total. The van der Waals surface area contributed by atoms with Gasteiger partial charge < -0.3 is 19.9 Å². The predicted octanol–water partition coefficient (Wildman–Crippen LogP) is 0.0675. The van der Waals surface area contributed by atoms with Crippen LogP contribution in [0.5, 0.6) is 0 Å². The maximum Gasteiger partial charge on any atom is 0.338 e. The second-order valence-electron chi connectivity index (χ2n) is 5.21. The van der Waals surface area contributed by atoms with Crippen LogP contribution in [-0.4, -0.2) is 49.1 Å². The molecule has 5 nitrogen and oxygen atoms in total. The molecule has 0 bridgehead atoms. The Bertz CT molecular complexity index is 288. The fraction of sp³-hybridized carbons (Fsp3) is 0.917. The van der Waals surface area contributed by atoms with Crippen molar-refractivity contribution in [3.05, 3.63) is 0 Å². The summed E-state index contributed by atoms with van der Waals surface area (Å²) in [5.74, 6) is 0.0602. The molecule has 17 heavy (non-hydrogen) atoms. The topological polar surface area (TPSA) is 67.8 Å². The van der Waals surface area contributed by atoms with E-state index in [4.69, 9.17) is 4.74 Å². The molecule has 0 aromatic rings. The van der Waals surface area contributed by atoms with Crippen molar-refractivity contribution in [3.63, 3.8) is 0 Å². The number of carbonyl (C=O) groups excluding carboxylic acids is 1. The summed E-state index contributed by atoms with van der Waals surface area (Å²) >= 11 is 0. The highest BCUT2D eigenvalue weighted by molar-refractivity contribution is 5.78. The molecule has 2 aliphatic rings. The van der Waals surface area contributed by atoms with Gasteiger partial charge in [0.2, 0.25) is 0 Å². The van der Waals surface area contributed by atoms with E-state index in [0.29, 0.717) is 5.92 Å². The van der Waals surface area contributed by atoms with Gasteiger partial charge in [-0.2, -0.15) is 0 Å². The molecule has 0 spiro atoms. The Morgan fingerprint density at radius 1 is 1.53 bits per heavy atom. The molecule has 5 heteroatoms. The molecule has 1 heterocycles. The van der Waals surface area contributed by atoms with Crippen LogP contribution in [0.25, 0.3) is 0 Å². The van der Waals surface area contributed by atoms with E-state index >= 15 is 0 Å². The summed E-state index contributed by atoms with van der Waals surface area (Å²) in [6, 6.07) is 0.249. The standard InChI is InChI=1S/C12H21NO4/c1-12(15,11(14)16-2)7-13-9-5-6-17-10(9)8-3-4-8/h8-10,13,15H,3-7H2,1-2H3. The minimum atomic E-state index is -1.47. The molecule has 3 unspecified atom stereocenters. The Morgan fingerprint density at radius 3 is 2.82 bits per heavy atom. The van der Waals surface area contributed by atoms with Crippen molar-refractivity contribution in [2.75, 3.05) is 20.3 Å². The molecule has 0 aromatic heterocycles. The SMILES string of the molecule is COC(=O)C(C)(O)CNC1CCOC1C1CC1. The van der Waals surface area contributed by atoms with Gasteiger partial charge in [-0.15, -0.1) is 0 Å². The number of ether oxygens (including phenoxy) is 2. The van der Waals surface area contributed by atoms with Crippen LogP contribution in [0.4, 0.5) is 0 Å². The van der Waals surface area contributed by atoms with Crippen molar-refractivity contribution >= 4 is 5.97 Å². The summed E-state index contributed by atoms with van der Waals surface area (Å²) in [6.45, 7) is 2.43. The summed E-state index contributed by atoms with van der Waals surface area (Å²) < 4.78 is 10.2. The van der Waals surface area contributed by atoms with E-state index in [1.54, 1.807) is 0 Å².